The van der Waals surface area contributed by atoms with E-state index < -0.39 is 5.63 Å². The summed E-state index contributed by atoms with van der Waals surface area (Å²) in [5.41, 5.74) is 4.05. The summed E-state index contributed by atoms with van der Waals surface area (Å²) >= 11 is 0. The highest BCUT2D eigenvalue weighted by molar-refractivity contribution is 6.07. The van der Waals surface area contributed by atoms with Gasteiger partial charge in [-0.15, -0.1) is 0 Å². The van der Waals surface area contributed by atoms with Gasteiger partial charge in [-0.2, -0.15) is 0 Å². The van der Waals surface area contributed by atoms with E-state index in [4.69, 9.17) is 9.15 Å². The van der Waals surface area contributed by atoms with Crippen LogP contribution in [0.5, 0.6) is 0 Å². The molecule has 0 amide bonds. The fourth-order valence-corrected chi connectivity index (χ4v) is 4.25. The number of anilines is 3. The van der Waals surface area contributed by atoms with Gasteiger partial charge in [0.05, 0.1) is 24.6 Å². The van der Waals surface area contributed by atoms with Gasteiger partial charge in [0.2, 0.25) is 5.95 Å². The Morgan fingerprint density at radius 3 is 2.65 bits per heavy atom. The van der Waals surface area contributed by atoms with E-state index in [1.165, 1.54) is 6.92 Å². The maximum Gasteiger partial charge on any atom is 0.349 e. The molecule has 1 aliphatic heterocycles. The number of nitrogens with one attached hydrogen (secondary N) is 1. The molecule has 1 saturated heterocycles. The number of carbonyl (C=O) groups excluding carboxylic acids is 1. The highest BCUT2D eigenvalue weighted by atomic mass is 16.5. The van der Waals surface area contributed by atoms with Gasteiger partial charge in [0.15, 0.2) is 5.78 Å². The van der Waals surface area contributed by atoms with Crippen LogP contribution < -0.4 is 15.8 Å². The molecule has 0 atom stereocenters. The summed E-state index contributed by atoms with van der Waals surface area (Å²) in [6.45, 7) is 5.69. The van der Waals surface area contributed by atoms with Crippen LogP contribution in [0.15, 0.2) is 63.9 Å². The number of Topliss-reactive ketones (excluding diaryl/α,β-unsaturated/α-hetero) is 1. The summed E-state index contributed by atoms with van der Waals surface area (Å²) in [5.74, 6) is 0.108. The van der Waals surface area contributed by atoms with Crippen molar-refractivity contribution in [2.75, 3.05) is 36.5 Å². The normalized spacial score (nSPS) is 13.8. The molecule has 2 aromatic carbocycles. The maximum atomic E-state index is 12.8. The van der Waals surface area contributed by atoms with Crippen LogP contribution in [-0.2, 0) is 4.74 Å². The summed E-state index contributed by atoms with van der Waals surface area (Å²) in [6, 6.07) is 15.3. The van der Waals surface area contributed by atoms with Crippen LogP contribution in [0.4, 0.5) is 17.3 Å². The van der Waals surface area contributed by atoms with Gasteiger partial charge in [-0.25, -0.2) is 14.8 Å². The first kappa shape index (κ1) is 21.8. The van der Waals surface area contributed by atoms with Crippen molar-refractivity contribution < 1.29 is 13.9 Å². The van der Waals surface area contributed by atoms with Crippen molar-refractivity contribution in [2.45, 2.75) is 13.8 Å². The van der Waals surface area contributed by atoms with Crippen LogP contribution in [0.3, 0.4) is 0 Å². The van der Waals surface area contributed by atoms with E-state index in [0.29, 0.717) is 54.6 Å². The Bertz CT molecular complexity index is 1440. The summed E-state index contributed by atoms with van der Waals surface area (Å²) in [6.07, 6.45) is 1.70. The van der Waals surface area contributed by atoms with Gasteiger partial charge >= 0.3 is 5.63 Å². The van der Waals surface area contributed by atoms with Crippen LogP contribution in [-0.4, -0.2) is 42.1 Å². The number of ketones is 1. The third kappa shape index (κ3) is 4.15. The highest BCUT2D eigenvalue weighted by Crippen LogP contribution is 2.32. The molecule has 0 unspecified atom stereocenters. The fraction of sp³-hybridized carbons (Fsp3) is 0.231. The molecular weight excluding hydrogens is 432 g/mol. The van der Waals surface area contributed by atoms with Gasteiger partial charge in [0, 0.05) is 42.0 Å². The largest absolute Gasteiger partial charge is 0.422 e. The van der Waals surface area contributed by atoms with Gasteiger partial charge in [-0.3, -0.25) is 4.79 Å². The minimum Gasteiger partial charge on any atom is -0.422 e. The zero-order valence-corrected chi connectivity index (χ0v) is 19.0. The van der Waals surface area contributed by atoms with E-state index in [1.54, 1.807) is 12.3 Å². The first-order chi connectivity index (χ1) is 16.5. The van der Waals surface area contributed by atoms with Crippen molar-refractivity contribution >= 4 is 34.1 Å². The molecule has 1 fully saturated rings. The molecule has 0 bridgehead atoms. The Morgan fingerprint density at radius 1 is 1.09 bits per heavy atom. The summed E-state index contributed by atoms with van der Waals surface area (Å²) in [7, 11) is 0. The average molecular weight is 457 g/mol. The number of nitrogens with zero attached hydrogens (tertiary/aromatic N) is 3. The smallest absolute Gasteiger partial charge is 0.349 e. The Labute approximate surface area is 196 Å². The third-order valence-corrected chi connectivity index (χ3v) is 5.89. The zero-order chi connectivity index (χ0) is 23.7. The lowest BCUT2D eigenvalue weighted by molar-refractivity contribution is 0.101. The Kier molecular flexibility index (Phi) is 5.81. The Morgan fingerprint density at radius 2 is 1.88 bits per heavy atom. The maximum absolute atomic E-state index is 12.8. The highest BCUT2D eigenvalue weighted by Gasteiger charge is 2.24. The predicted octanol–water partition coefficient (Wildman–Crippen LogP) is 4.34. The summed E-state index contributed by atoms with van der Waals surface area (Å²) in [5, 5.41) is 3.90. The van der Waals surface area contributed by atoms with Crippen molar-refractivity contribution in [1.29, 1.82) is 0 Å². The summed E-state index contributed by atoms with van der Waals surface area (Å²) < 4.78 is 11.0. The van der Waals surface area contributed by atoms with Crippen molar-refractivity contribution in [1.82, 2.24) is 9.97 Å². The number of hydrogen-bond acceptors (Lipinski definition) is 8. The number of aryl methyl sites for hydroxylation is 1. The van der Waals surface area contributed by atoms with Gasteiger partial charge < -0.3 is 19.4 Å². The molecule has 4 aromatic rings. The lowest BCUT2D eigenvalue weighted by atomic mass is 10.1. The first-order valence-corrected chi connectivity index (χ1v) is 11.1. The van der Waals surface area contributed by atoms with Gasteiger partial charge in [0.25, 0.3) is 0 Å². The molecule has 3 heterocycles. The molecule has 1 aliphatic rings. The second kappa shape index (κ2) is 9.07. The van der Waals surface area contributed by atoms with Crippen LogP contribution in [0.1, 0.15) is 22.8 Å². The molecule has 0 radical (unpaired) electrons. The van der Waals surface area contributed by atoms with E-state index in [9.17, 15) is 9.59 Å². The monoisotopic (exact) mass is 456 g/mol. The van der Waals surface area contributed by atoms with Gasteiger partial charge in [-0.05, 0) is 37.6 Å². The molecule has 0 spiro atoms. The first-order valence-electron chi connectivity index (χ1n) is 11.1. The Balaban J connectivity index is 1.54. The standard InChI is InChI=1S/C26H24N4O4/c1-16-5-3-4-6-19(16)21-9-10-27-26(29-21)28-18-7-8-20-22(15-18)34-25(32)23(17(2)31)24(20)30-11-13-33-14-12-30/h3-10,15H,11-14H2,1-2H3,(H,27,28,29). The van der Waals surface area contributed by atoms with Crippen molar-refractivity contribution in [2.24, 2.45) is 0 Å². The summed E-state index contributed by atoms with van der Waals surface area (Å²) in [4.78, 5) is 36.1. The predicted molar refractivity (Wildman–Crippen MR) is 131 cm³/mol. The van der Waals surface area contributed by atoms with Crippen LogP contribution in [0, 0.1) is 6.92 Å². The number of morpholine rings is 1. The molecule has 0 saturated carbocycles. The topological polar surface area (TPSA) is 97.6 Å². The fourth-order valence-electron chi connectivity index (χ4n) is 4.25. The SMILES string of the molecule is CC(=O)c1c(N2CCOCC2)c2ccc(Nc3nccc(-c4ccccc4C)n3)cc2oc1=O. The van der Waals surface area contributed by atoms with Crippen molar-refractivity contribution in [3.05, 3.63) is 76.3 Å². The minimum atomic E-state index is -0.642. The molecule has 8 heteroatoms. The van der Waals surface area contributed by atoms with Crippen LogP contribution in [0.25, 0.3) is 22.2 Å². The quantitative estimate of drug-likeness (QED) is 0.350. The molecular formula is C26H24N4O4. The number of ether oxygens (including phenoxy) is 1. The lowest BCUT2D eigenvalue weighted by Crippen LogP contribution is -2.38. The minimum absolute atomic E-state index is 0.0735. The number of carbonyl (C=O) groups is 1. The number of fused-ring (bicyclic) bond motifs is 1. The average Bonchev–Trinajstić information content (AvgIpc) is 2.84. The van der Waals surface area contributed by atoms with Crippen LogP contribution in [0.2, 0.25) is 0 Å². The Hall–Kier alpha value is -4.04. The third-order valence-electron chi connectivity index (χ3n) is 5.89. The number of aromatic nitrogens is 2. The molecule has 1 N–H and O–H groups in total. The number of benzene rings is 2. The van der Waals surface area contributed by atoms with E-state index in [0.717, 1.165) is 16.8 Å². The lowest BCUT2D eigenvalue weighted by Gasteiger charge is -2.30. The van der Waals surface area contributed by atoms with Crippen molar-refractivity contribution in [3.8, 4) is 11.3 Å². The molecule has 5 rings (SSSR count). The molecule has 2 aromatic heterocycles. The van der Waals surface area contributed by atoms with E-state index in [1.807, 2.05) is 54.3 Å². The number of rotatable bonds is 5. The molecule has 8 nitrogen and oxygen atoms in total. The van der Waals surface area contributed by atoms with E-state index >= 15 is 0 Å². The number of hydrogen-bond donors (Lipinski definition) is 1. The molecule has 0 aliphatic carbocycles. The van der Waals surface area contributed by atoms with Crippen molar-refractivity contribution in [3.63, 3.8) is 0 Å². The second-order valence-corrected chi connectivity index (χ2v) is 8.19. The van der Waals surface area contributed by atoms with Crippen LogP contribution >= 0.6 is 0 Å². The van der Waals surface area contributed by atoms with Gasteiger partial charge in [-0.1, -0.05) is 24.3 Å². The zero-order valence-electron chi connectivity index (χ0n) is 19.0. The van der Waals surface area contributed by atoms with E-state index in [2.05, 4.69) is 15.3 Å². The van der Waals surface area contributed by atoms with E-state index in [-0.39, 0.29) is 11.3 Å². The van der Waals surface area contributed by atoms with Gasteiger partial charge in [0.1, 0.15) is 11.1 Å². The molecule has 172 valence electrons. The second-order valence-electron chi connectivity index (χ2n) is 8.19. The molecule has 34 heavy (non-hydrogen) atoms.